The first kappa shape index (κ1) is 21.5. The van der Waals surface area contributed by atoms with E-state index in [0.717, 1.165) is 12.8 Å². The molecule has 2 heteroatoms. The standard InChI is InChI=1S/C20H40OSi/c1-6-7-8-9-10-11-12-13-14-15-16-17-18-19-20(21-2)22(3,4)5/h15-16,19H,6-14,17-18H2,1-5H3/b16-15+,20-19+. The normalized spacial score (nSPS) is 13.0. The zero-order valence-corrected chi connectivity index (χ0v) is 16.9. The maximum atomic E-state index is 5.52. The van der Waals surface area contributed by atoms with Crippen LogP contribution in [-0.2, 0) is 4.74 Å². The predicted molar refractivity (Wildman–Crippen MR) is 104 cm³/mol. The van der Waals surface area contributed by atoms with E-state index < -0.39 is 8.07 Å². The van der Waals surface area contributed by atoms with Crippen LogP contribution in [0.4, 0.5) is 0 Å². The molecule has 130 valence electrons. The summed E-state index contributed by atoms with van der Waals surface area (Å²) in [4.78, 5) is 0. The minimum absolute atomic E-state index is 1.11. The van der Waals surface area contributed by atoms with Crippen molar-refractivity contribution in [3.8, 4) is 0 Å². The van der Waals surface area contributed by atoms with E-state index in [9.17, 15) is 0 Å². The van der Waals surface area contributed by atoms with Gasteiger partial charge in [-0.3, -0.25) is 0 Å². The van der Waals surface area contributed by atoms with Gasteiger partial charge in [0.15, 0.2) is 0 Å². The van der Waals surface area contributed by atoms with Crippen molar-refractivity contribution in [3.63, 3.8) is 0 Å². The maximum Gasteiger partial charge on any atom is 0.122 e. The van der Waals surface area contributed by atoms with Gasteiger partial charge in [-0.2, -0.15) is 0 Å². The minimum atomic E-state index is -1.27. The van der Waals surface area contributed by atoms with Gasteiger partial charge in [0.1, 0.15) is 8.07 Å². The molecule has 22 heavy (non-hydrogen) atoms. The molecule has 0 N–H and O–H groups in total. The fourth-order valence-electron chi connectivity index (χ4n) is 2.64. The van der Waals surface area contributed by atoms with Gasteiger partial charge in [-0.1, -0.05) is 89.7 Å². The lowest BCUT2D eigenvalue weighted by Gasteiger charge is -2.19. The zero-order chi connectivity index (χ0) is 16.7. The quantitative estimate of drug-likeness (QED) is 0.141. The van der Waals surface area contributed by atoms with Crippen LogP contribution in [0, 0.1) is 0 Å². The summed E-state index contributed by atoms with van der Waals surface area (Å²) < 4.78 is 5.52. The van der Waals surface area contributed by atoms with Crippen molar-refractivity contribution < 1.29 is 4.74 Å². The van der Waals surface area contributed by atoms with E-state index in [1.165, 1.54) is 63.2 Å². The van der Waals surface area contributed by atoms with Gasteiger partial charge in [0.05, 0.1) is 12.5 Å². The molecule has 0 aliphatic heterocycles. The van der Waals surface area contributed by atoms with Crippen molar-refractivity contribution >= 4 is 8.07 Å². The van der Waals surface area contributed by atoms with Crippen LogP contribution >= 0.6 is 0 Å². The second kappa shape index (κ2) is 14.1. The summed E-state index contributed by atoms with van der Waals surface area (Å²) in [5.74, 6) is 0. The van der Waals surface area contributed by atoms with Gasteiger partial charge >= 0.3 is 0 Å². The molecule has 0 aromatic carbocycles. The molecule has 0 unspecified atom stereocenters. The number of allylic oxidation sites excluding steroid dienone is 3. The molecule has 0 aromatic rings. The Balaban J connectivity index is 3.50. The molecule has 0 rings (SSSR count). The van der Waals surface area contributed by atoms with E-state index >= 15 is 0 Å². The van der Waals surface area contributed by atoms with Gasteiger partial charge in [-0.25, -0.2) is 0 Å². The Morgan fingerprint density at radius 1 is 0.773 bits per heavy atom. The molecule has 0 saturated heterocycles. The molecule has 0 bridgehead atoms. The third-order valence-corrected chi connectivity index (χ3v) is 5.90. The average Bonchev–Trinajstić information content (AvgIpc) is 2.46. The highest BCUT2D eigenvalue weighted by molar-refractivity contribution is 6.82. The molecule has 0 fully saturated rings. The molecular formula is C20H40OSi. The van der Waals surface area contributed by atoms with Crippen molar-refractivity contribution in [1.29, 1.82) is 0 Å². The first-order valence-electron chi connectivity index (χ1n) is 9.42. The smallest absolute Gasteiger partial charge is 0.122 e. The van der Waals surface area contributed by atoms with E-state index in [1.807, 2.05) is 7.11 Å². The monoisotopic (exact) mass is 324 g/mol. The third kappa shape index (κ3) is 13.2. The van der Waals surface area contributed by atoms with Crippen LogP contribution in [0.1, 0.15) is 77.6 Å². The summed E-state index contributed by atoms with van der Waals surface area (Å²) in [5, 5.41) is 1.24. The molecule has 0 aromatic heterocycles. The van der Waals surface area contributed by atoms with Crippen molar-refractivity contribution in [2.24, 2.45) is 0 Å². The van der Waals surface area contributed by atoms with Gasteiger partial charge in [0.25, 0.3) is 0 Å². The van der Waals surface area contributed by atoms with Crippen LogP contribution in [0.5, 0.6) is 0 Å². The largest absolute Gasteiger partial charge is 0.507 e. The maximum absolute atomic E-state index is 5.52. The number of rotatable bonds is 14. The summed E-state index contributed by atoms with van der Waals surface area (Å²) in [6, 6.07) is 0. The Bertz CT molecular complexity index is 299. The summed E-state index contributed by atoms with van der Waals surface area (Å²) in [6.07, 6.45) is 21.8. The molecule has 1 nitrogen and oxygen atoms in total. The summed E-state index contributed by atoms with van der Waals surface area (Å²) in [5.41, 5.74) is 0. The Hall–Kier alpha value is -0.503. The van der Waals surface area contributed by atoms with Crippen molar-refractivity contribution in [3.05, 3.63) is 23.6 Å². The van der Waals surface area contributed by atoms with Crippen molar-refractivity contribution in [2.75, 3.05) is 7.11 Å². The molecule has 0 radical (unpaired) electrons. The van der Waals surface area contributed by atoms with E-state index in [-0.39, 0.29) is 0 Å². The second-order valence-corrected chi connectivity index (χ2v) is 12.3. The van der Waals surface area contributed by atoms with Gasteiger partial charge in [-0.05, 0) is 25.7 Å². The average molecular weight is 325 g/mol. The Kier molecular flexibility index (Phi) is 13.8. The van der Waals surface area contributed by atoms with E-state index in [1.54, 1.807) is 0 Å². The van der Waals surface area contributed by atoms with Crippen LogP contribution in [0.2, 0.25) is 19.6 Å². The number of unbranched alkanes of at least 4 members (excludes halogenated alkanes) is 9. The highest BCUT2D eigenvalue weighted by Gasteiger charge is 2.19. The van der Waals surface area contributed by atoms with E-state index in [2.05, 4.69) is 44.8 Å². The fraction of sp³-hybridized carbons (Fsp3) is 0.800. The van der Waals surface area contributed by atoms with Gasteiger partial charge in [0, 0.05) is 0 Å². The van der Waals surface area contributed by atoms with Crippen LogP contribution in [0.25, 0.3) is 0 Å². The van der Waals surface area contributed by atoms with Crippen LogP contribution in [0.3, 0.4) is 0 Å². The lowest BCUT2D eigenvalue weighted by Crippen LogP contribution is -2.25. The number of hydrogen-bond acceptors (Lipinski definition) is 1. The summed E-state index contributed by atoms with van der Waals surface area (Å²) >= 11 is 0. The zero-order valence-electron chi connectivity index (χ0n) is 15.9. The van der Waals surface area contributed by atoms with Crippen LogP contribution in [0.15, 0.2) is 23.6 Å². The number of ether oxygens (including phenoxy) is 1. The van der Waals surface area contributed by atoms with Gasteiger partial charge in [-0.15, -0.1) is 0 Å². The fourth-order valence-corrected chi connectivity index (χ4v) is 4.01. The Morgan fingerprint density at radius 3 is 1.86 bits per heavy atom. The van der Waals surface area contributed by atoms with Gasteiger partial charge < -0.3 is 4.74 Å². The summed E-state index contributed by atoms with van der Waals surface area (Å²) in [7, 11) is 0.533. The number of hydrogen-bond donors (Lipinski definition) is 0. The molecule has 0 aliphatic rings. The molecule has 0 atom stereocenters. The molecule has 0 heterocycles. The summed E-state index contributed by atoms with van der Waals surface area (Å²) in [6.45, 7) is 9.28. The van der Waals surface area contributed by atoms with E-state index in [4.69, 9.17) is 4.74 Å². The molecular weight excluding hydrogens is 284 g/mol. The highest BCUT2D eigenvalue weighted by Crippen LogP contribution is 2.16. The molecule has 0 amide bonds. The second-order valence-electron chi connectivity index (χ2n) is 7.33. The van der Waals surface area contributed by atoms with Crippen LogP contribution < -0.4 is 0 Å². The molecule has 0 aliphatic carbocycles. The van der Waals surface area contributed by atoms with Crippen LogP contribution in [-0.4, -0.2) is 15.2 Å². The van der Waals surface area contributed by atoms with Crippen molar-refractivity contribution in [1.82, 2.24) is 0 Å². The molecule has 0 saturated carbocycles. The minimum Gasteiger partial charge on any atom is -0.507 e. The third-order valence-electron chi connectivity index (χ3n) is 4.01. The topological polar surface area (TPSA) is 9.23 Å². The SMILES string of the molecule is CCCCCCCCCC/C=C/CC/C=C(\OC)[Si](C)(C)C. The first-order valence-corrected chi connectivity index (χ1v) is 12.9. The van der Waals surface area contributed by atoms with E-state index in [0.29, 0.717) is 0 Å². The Labute approximate surface area is 141 Å². The lowest BCUT2D eigenvalue weighted by atomic mass is 10.1. The first-order chi connectivity index (χ1) is 10.5. The highest BCUT2D eigenvalue weighted by atomic mass is 28.3. The predicted octanol–water partition coefficient (Wildman–Crippen LogP) is 7.26. The lowest BCUT2D eigenvalue weighted by molar-refractivity contribution is 0.314. The van der Waals surface area contributed by atoms with Crippen molar-refractivity contribution in [2.45, 2.75) is 97.2 Å². The molecule has 0 spiro atoms. The van der Waals surface area contributed by atoms with Gasteiger partial charge in [0.2, 0.25) is 0 Å². The number of methoxy groups -OCH3 is 1. The Morgan fingerprint density at radius 2 is 1.32 bits per heavy atom.